The van der Waals surface area contributed by atoms with E-state index >= 15 is 0 Å². The molecule has 0 bridgehead atoms. The van der Waals surface area contributed by atoms with Gasteiger partial charge >= 0.3 is 0 Å². The fourth-order valence-electron chi connectivity index (χ4n) is 3.44. The van der Waals surface area contributed by atoms with Gasteiger partial charge in [0.05, 0.1) is 17.5 Å². The van der Waals surface area contributed by atoms with Crippen LogP contribution in [0.4, 0.5) is 5.69 Å². The number of imide groups is 1. The van der Waals surface area contributed by atoms with E-state index in [1.165, 1.54) is 0 Å². The van der Waals surface area contributed by atoms with Crippen LogP contribution in [0.2, 0.25) is 0 Å². The molecule has 1 saturated heterocycles. The third-order valence-corrected chi connectivity index (χ3v) is 5.29. The van der Waals surface area contributed by atoms with Crippen LogP contribution in [0.25, 0.3) is 0 Å². The maximum Gasteiger partial charge on any atom is 0.244 e. The third-order valence-electron chi connectivity index (χ3n) is 4.63. The Morgan fingerprint density at radius 2 is 1.83 bits per heavy atom. The minimum atomic E-state index is -0.352. The third kappa shape index (κ3) is 3.17. The van der Waals surface area contributed by atoms with Gasteiger partial charge in [0.1, 0.15) is 6.54 Å². The Labute approximate surface area is 143 Å². The molecule has 0 radical (unpaired) electrons. The number of nitrogens with zero attached hydrogens (tertiary/aromatic N) is 1. The predicted molar refractivity (Wildman–Crippen MR) is 89.7 cm³/mol. The van der Waals surface area contributed by atoms with Crippen molar-refractivity contribution in [2.24, 2.45) is 11.8 Å². The van der Waals surface area contributed by atoms with E-state index < -0.39 is 0 Å². The minimum absolute atomic E-state index is 0.183. The second-order valence-electron chi connectivity index (χ2n) is 6.29. The molecule has 122 valence electrons. The molecule has 1 aliphatic carbocycles. The first-order valence-electron chi connectivity index (χ1n) is 7.88. The lowest BCUT2D eigenvalue weighted by Gasteiger charge is -2.19. The van der Waals surface area contributed by atoms with Gasteiger partial charge in [0, 0.05) is 4.47 Å². The fraction of sp³-hybridized carbons (Fsp3) is 0.471. The molecule has 1 heterocycles. The first kappa shape index (κ1) is 16.2. The van der Waals surface area contributed by atoms with Crippen LogP contribution in [-0.4, -0.2) is 29.2 Å². The number of hydrogen-bond donors (Lipinski definition) is 1. The molecular formula is C17H19BrN2O3. The van der Waals surface area contributed by atoms with Crippen LogP contribution >= 0.6 is 15.9 Å². The number of nitrogens with one attached hydrogen (secondary N) is 1. The topological polar surface area (TPSA) is 66.5 Å². The maximum atomic E-state index is 12.4. The summed E-state index contributed by atoms with van der Waals surface area (Å²) < 4.78 is 0.776. The van der Waals surface area contributed by atoms with Gasteiger partial charge < -0.3 is 5.32 Å². The number of carbonyl (C=O) groups is 3. The summed E-state index contributed by atoms with van der Waals surface area (Å²) in [4.78, 5) is 38.1. The van der Waals surface area contributed by atoms with Crippen LogP contribution in [0, 0.1) is 18.8 Å². The fourth-order valence-corrected chi connectivity index (χ4v) is 4.03. The van der Waals surface area contributed by atoms with Crippen molar-refractivity contribution in [2.45, 2.75) is 32.6 Å². The lowest BCUT2D eigenvalue weighted by Crippen LogP contribution is -2.38. The molecule has 23 heavy (non-hydrogen) atoms. The van der Waals surface area contributed by atoms with Gasteiger partial charge in [0.15, 0.2) is 0 Å². The van der Waals surface area contributed by atoms with Crippen molar-refractivity contribution in [1.82, 2.24) is 4.90 Å². The number of halogens is 1. The molecule has 2 unspecified atom stereocenters. The molecule has 1 saturated carbocycles. The van der Waals surface area contributed by atoms with E-state index in [1.54, 1.807) is 6.07 Å². The van der Waals surface area contributed by atoms with E-state index in [1.807, 2.05) is 19.1 Å². The molecule has 0 aromatic heterocycles. The van der Waals surface area contributed by atoms with Crippen LogP contribution in [0.5, 0.6) is 0 Å². The number of benzene rings is 1. The normalized spacial score (nSPS) is 23.8. The summed E-state index contributed by atoms with van der Waals surface area (Å²) in [5.74, 6) is -1.14. The van der Waals surface area contributed by atoms with Crippen LogP contribution in [0.15, 0.2) is 22.7 Å². The molecule has 2 fully saturated rings. The SMILES string of the molecule is Cc1ccc(NC(=O)CN2C(=O)C3CCCCC3C2=O)c(Br)c1. The molecule has 1 aromatic rings. The van der Waals surface area contributed by atoms with Crippen molar-refractivity contribution in [3.8, 4) is 0 Å². The zero-order valence-corrected chi connectivity index (χ0v) is 14.6. The molecule has 2 aliphatic rings. The Morgan fingerprint density at radius 1 is 1.22 bits per heavy atom. The smallest absolute Gasteiger partial charge is 0.244 e. The summed E-state index contributed by atoms with van der Waals surface area (Å²) in [6.07, 6.45) is 3.49. The van der Waals surface area contributed by atoms with Gasteiger partial charge in [-0.25, -0.2) is 0 Å². The minimum Gasteiger partial charge on any atom is -0.324 e. The summed E-state index contributed by atoms with van der Waals surface area (Å²) in [6.45, 7) is 1.75. The van der Waals surface area contributed by atoms with Crippen molar-refractivity contribution in [2.75, 3.05) is 11.9 Å². The highest BCUT2D eigenvalue weighted by Crippen LogP contribution is 2.37. The van der Waals surface area contributed by atoms with Gasteiger partial charge in [-0.05, 0) is 53.4 Å². The number of rotatable bonds is 3. The highest BCUT2D eigenvalue weighted by molar-refractivity contribution is 9.10. The number of fused-ring (bicyclic) bond motifs is 1. The van der Waals surface area contributed by atoms with E-state index in [9.17, 15) is 14.4 Å². The standard InChI is InChI=1S/C17H19BrN2O3/c1-10-6-7-14(13(18)8-10)19-15(21)9-20-16(22)11-4-2-3-5-12(11)17(20)23/h6-8,11-12H,2-5,9H2,1H3,(H,19,21). The molecule has 0 spiro atoms. The Balaban J connectivity index is 1.68. The second-order valence-corrected chi connectivity index (χ2v) is 7.15. The summed E-state index contributed by atoms with van der Waals surface area (Å²) >= 11 is 3.40. The molecule has 5 nitrogen and oxygen atoms in total. The summed E-state index contributed by atoms with van der Waals surface area (Å²) in [5, 5.41) is 2.75. The molecule has 6 heteroatoms. The number of carbonyl (C=O) groups excluding carboxylic acids is 3. The predicted octanol–water partition coefficient (Wildman–Crippen LogP) is 2.87. The Kier molecular flexibility index (Phi) is 4.53. The zero-order valence-electron chi connectivity index (χ0n) is 13.0. The highest BCUT2D eigenvalue weighted by Gasteiger charge is 2.48. The first-order valence-corrected chi connectivity index (χ1v) is 8.68. The lowest BCUT2D eigenvalue weighted by atomic mass is 9.81. The Bertz CT molecular complexity index is 650. The zero-order chi connectivity index (χ0) is 16.6. The van der Waals surface area contributed by atoms with Crippen molar-refractivity contribution >= 4 is 39.3 Å². The van der Waals surface area contributed by atoms with Crippen molar-refractivity contribution in [3.05, 3.63) is 28.2 Å². The van der Waals surface area contributed by atoms with E-state index in [4.69, 9.17) is 0 Å². The van der Waals surface area contributed by atoms with Crippen LogP contribution in [-0.2, 0) is 14.4 Å². The van der Waals surface area contributed by atoms with Crippen molar-refractivity contribution in [3.63, 3.8) is 0 Å². The maximum absolute atomic E-state index is 12.4. The van der Waals surface area contributed by atoms with Crippen LogP contribution in [0.3, 0.4) is 0 Å². The van der Waals surface area contributed by atoms with E-state index in [0.29, 0.717) is 5.69 Å². The number of anilines is 1. The highest BCUT2D eigenvalue weighted by atomic mass is 79.9. The average Bonchev–Trinajstić information content (AvgIpc) is 2.76. The van der Waals surface area contributed by atoms with Crippen molar-refractivity contribution < 1.29 is 14.4 Å². The second kappa shape index (κ2) is 6.43. The van der Waals surface area contributed by atoms with E-state index in [-0.39, 0.29) is 36.1 Å². The molecule has 2 atom stereocenters. The van der Waals surface area contributed by atoms with Crippen molar-refractivity contribution in [1.29, 1.82) is 0 Å². The monoisotopic (exact) mass is 378 g/mol. The number of hydrogen-bond acceptors (Lipinski definition) is 3. The molecule has 3 rings (SSSR count). The molecule has 1 aliphatic heterocycles. The molecular weight excluding hydrogens is 360 g/mol. The lowest BCUT2D eigenvalue weighted by molar-refractivity contribution is -0.142. The average molecular weight is 379 g/mol. The molecule has 3 amide bonds. The van der Waals surface area contributed by atoms with E-state index in [2.05, 4.69) is 21.2 Å². The number of aryl methyl sites for hydroxylation is 1. The van der Waals surface area contributed by atoms with Gasteiger partial charge in [-0.2, -0.15) is 0 Å². The van der Waals surface area contributed by atoms with E-state index in [0.717, 1.165) is 40.6 Å². The first-order chi connectivity index (χ1) is 11.0. The van der Waals surface area contributed by atoms with Gasteiger partial charge in [0.2, 0.25) is 17.7 Å². The van der Waals surface area contributed by atoms with Crippen LogP contribution < -0.4 is 5.32 Å². The number of amides is 3. The molecule has 1 aromatic carbocycles. The van der Waals surface area contributed by atoms with Gasteiger partial charge in [-0.3, -0.25) is 19.3 Å². The summed E-state index contributed by atoms with van der Waals surface area (Å²) in [5.41, 5.74) is 1.71. The van der Waals surface area contributed by atoms with Gasteiger partial charge in [-0.15, -0.1) is 0 Å². The van der Waals surface area contributed by atoms with Crippen LogP contribution in [0.1, 0.15) is 31.2 Å². The van der Waals surface area contributed by atoms with Gasteiger partial charge in [-0.1, -0.05) is 18.9 Å². The Hall–Kier alpha value is -1.69. The number of likely N-dealkylation sites (tertiary alicyclic amines) is 1. The molecule has 1 N–H and O–H groups in total. The Morgan fingerprint density at radius 3 is 2.39 bits per heavy atom. The largest absolute Gasteiger partial charge is 0.324 e. The quantitative estimate of drug-likeness (QED) is 0.822. The summed E-state index contributed by atoms with van der Waals surface area (Å²) in [7, 11) is 0. The van der Waals surface area contributed by atoms with Gasteiger partial charge in [0.25, 0.3) is 0 Å². The summed E-state index contributed by atoms with van der Waals surface area (Å²) in [6, 6.07) is 5.59.